The molecule has 0 spiro atoms. The molecule has 0 aromatic rings. The van der Waals surface area contributed by atoms with Crippen LogP contribution in [-0.4, -0.2) is 6.45 Å². The molecule has 0 unspecified atom stereocenters. The van der Waals surface area contributed by atoms with Crippen molar-refractivity contribution in [1.29, 1.82) is 0 Å². The molecule has 0 fully saturated rings. The number of carbonyl (C=O) groups excluding carboxylic acids is 1. The van der Waals surface area contributed by atoms with Crippen LogP contribution in [-0.2, 0) is 4.79 Å². The van der Waals surface area contributed by atoms with Crippen LogP contribution in [0.25, 0.3) is 0 Å². The zero-order chi connectivity index (χ0) is 3.58. The number of carbonyl (C=O) groups is 1. The molecule has 0 bridgehead atoms. The molecule has 3 heteroatoms. The molecule has 0 aliphatic carbocycles. The van der Waals surface area contributed by atoms with Crippen molar-refractivity contribution in [2.45, 2.75) is 0 Å². The first-order valence-corrected chi connectivity index (χ1v) is 0.408. The summed E-state index contributed by atoms with van der Waals surface area (Å²) >= 11 is 0. The Morgan fingerprint density at radius 2 is 2.25 bits per heavy atom. The smallest absolute Gasteiger partial charge is 0.554 e. The monoisotopic (exact) mass is 69.0 g/mol. The zero-order valence-corrected chi connectivity index (χ0v) is 4.32. The Labute approximate surface area is 47.5 Å². The van der Waals surface area contributed by atoms with Gasteiger partial charge in [-0.15, -0.1) is 0 Å². The van der Waals surface area contributed by atoms with Crippen LogP contribution in [0.5, 0.6) is 0 Å². The van der Waals surface area contributed by atoms with Crippen LogP contribution in [0.3, 0.4) is 0 Å². The Morgan fingerprint density at radius 3 is 2.25 bits per heavy atom. The van der Waals surface area contributed by atoms with Crippen molar-refractivity contribution < 1.29 is 40.8 Å². The van der Waals surface area contributed by atoms with Gasteiger partial charge in [-0.2, -0.15) is 0 Å². The third-order valence-corrected chi connectivity index (χ3v) is 0. The quantitative estimate of drug-likeness (QED) is 0.212. The van der Waals surface area contributed by atoms with E-state index < -0.39 is 6.45 Å². The Kier molecular flexibility index (Phi) is 10.9. The molecular formula is CHNaO2. The number of rotatable bonds is 0. The standard InChI is InChI=1S/CH2O2.Na/c2-1-3;/h1H,(H,2,3);/q;+1/p-1/i1D;. The molecule has 0 saturated carbocycles. The van der Waals surface area contributed by atoms with Gasteiger partial charge in [0.15, 0.2) is 0 Å². The fourth-order valence-electron chi connectivity index (χ4n) is 0. The van der Waals surface area contributed by atoms with Crippen LogP contribution in [0.4, 0.5) is 0 Å². The Bertz CT molecular complexity index is 32.6. The second-order valence-corrected chi connectivity index (χ2v) is 0.0833. The van der Waals surface area contributed by atoms with Crippen LogP contribution in [0.1, 0.15) is 1.37 Å². The van der Waals surface area contributed by atoms with Gasteiger partial charge in [0.1, 0.15) is 0 Å². The van der Waals surface area contributed by atoms with Crippen LogP contribution in [0.15, 0.2) is 0 Å². The van der Waals surface area contributed by atoms with E-state index in [1.807, 2.05) is 0 Å². The average molecular weight is 69.0 g/mol. The second-order valence-electron chi connectivity index (χ2n) is 0.0833. The molecule has 0 aromatic carbocycles. The van der Waals surface area contributed by atoms with Crippen LogP contribution in [0, 0.1) is 0 Å². The summed E-state index contributed by atoms with van der Waals surface area (Å²) in [5.74, 6) is 0. The molecule has 0 aromatic heterocycles. The predicted molar refractivity (Wildman–Crippen MR) is 6.06 cm³/mol. The van der Waals surface area contributed by atoms with E-state index in [4.69, 9.17) is 11.3 Å². The van der Waals surface area contributed by atoms with Crippen molar-refractivity contribution in [1.82, 2.24) is 0 Å². The second kappa shape index (κ2) is 9.80. The molecule has 0 aliphatic heterocycles. The molecule has 2 nitrogen and oxygen atoms in total. The summed E-state index contributed by atoms with van der Waals surface area (Å²) in [6.07, 6.45) is -1.83. The van der Waals surface area contributed by atoms with E-state index in [0.29, 0.717) is 0 Å². The average Bonchev–Trinajstić information content (AvgIpc) is 0.811. The first-order chi connectivity index (χ1) is 1.73. The van der Waals surface area contributed by atoms with E-state index in [1.165, 1.54) is 0 Å². The van der Waals surface area contributed by atoms with Gasteiger partial charge in [0.2, 0.25) is 0 Å². The van der Waals surface area contributed by atoms with Crippen molar-refractivity contribution in [2.24, 2.45) is 0 Å². The number of hydrogen-bond donors (Lipinski definition) is 0. The van der Waals surface area contributed by atoms with E-state index in [1.54, 1.807) is 0 Å². The topological polar surface area (TPSA) is 40.1 Å². The van der Waals surface area contributed by atoms with E-state index >= 15 is 0 Å². The summed E-state index contributed by atoms with van der Waals surface area (Å²) < 4.78 is 5.39. The Hall–Kier alpha value is 0.470. The summed E-state index contributed by atoms with van der Waals surface area (Å²) in [7, 11) is 0. The van der Waals surface area contributed by atoms with Gasteiger partial charge in [-0.1, -0.05) is 0 Å². The SMILES string of the molecule is [2H]C(=O)[O-].[Na+]. The van der Waals surface area contributed by atoms with Crippen molar-refractivity contribution >= 4 is 6.45 Å². The Morgan fingerprint density at radius 1 is 2.25 bits per heavy atom. The molecular weight excluding hydrogens is 67.0 g/mol. The van der Waals surface area contributed by atoms with Gasteiger partial charge in [0.05, 0.1) is 1.37 Å². The van der Waals surface area contributed by atoms with E-state index in [2.05, 4.69) is 0 Å². The maximum absolute atomic E-state index is 8.56. The fraction of sp³-hybridized carbons (Fsp3) is 0. The summed E-state index contributed by atoms with van der Waals surface area (Å²) in [4.78, 5) is 8.56. The molecule has 0 aliphatic rings. The minimum absolute atomic E-state index is 0. The molecule has 0 saturated heterocycles. The Balaban J connectivity index is 0. The van der Waals surface area contributed by atoms with Crippen molar-refractivity contribution in [3.05, 3.63) is 0 Å². The van der Waals surface area contributed by atoms with Gasteiger partial charge in [-0.3, -0.25) is 0 Å². The fourth-order valence-corrected chi connectivity index (χ4v) is 0. The number of carboxylic acid groups (broad SMARTS) is 1. The first kappa shape index (κ1) is 4.47. The summed E-state index contributed by atoms with van der Waals surface area (Å²) in [6, 6.07) is 0. The molecule has 0 heterocycles. The first-order valence-electron chi connectivity index (χ1n) is 0.908. The molecule has 0 N–H and O–H groups in total. The third-order valence-electron chi connectivity index (χ3n) is 0. The van der Waals surface area contributed by atoms with E-state index in [-0.39, 0.29) is 29.6 Å². The van der Waals surface area contributed by atoms with Crippen LogP contribution in [0.2, 0.25) is 0 Å². The summed E-state index contributed by atoms with van der Waals surface area (Å²) in [5.41, 5.74) is 0. The molecule has 0 amide bonds. The number of hydrogen-bond acceptors (Lipinski definition) is 2. The molecule has 0 rings (SSSR count). The van der Waals surface area contributed by atoms with Gasteiger partial charge in [-0.25, -0.2) is 0 Å². The van der Waals surface area contributed by atoms with Crippen LogP contribution < -0.4 is 34.7 Å². The van der Waals surface area contributed by atoms with Crippen molar-refractivity contribution in [2.75, 3.05) is 0 Å². The van der Waals surface area contributed by atoms with Gasteiger partial charge in [0, 0.05) is 6.45 Å². The van der Waals surface area contributed by atoms with Crippen molar-refractivity contribution in [3.63, 3.8) is 0 Å². The molecule has 0 radical (unpaired) electrons. The molecule has 0 atom stereocenters. The van der Waals surface area contributed by atoms with E-state index in [9.17, 15) is 0 Å². The summed E-state index contributed by atoms with van der Waals surface area (Å²) in [6.45, 7) is 0. The zero-order valence-electron chi connectivity index (χ0n) is 3.32. The predicted octanol–water partition coefficient (Wildman–Crippen LogP) is -4.63. The van der Waals surface area contributed by atoms with Gasteiger partial charge in [0.25, 0.3) is 0 Å². The van der Waals surface area contributed by atoms with Gasteiger partial charge in [-0.05, 0) is 0 Å². The maximum atomic E-state index is 8.56. The molecule has 4 heavy (non-hydrogen) atoms. The summed E-state index contributed by atoms with van der Waals surface area (Å²) in [5, 5.41) is 8.56. The minimum atomic E-state index is -1.83. The van der Waals surface area contributed by atoms with Gasteiger partial charge >= 0.3 is 29.6 Å². The third kappa shape index (κ3) is 24.2. The minimum Gasteiger partial charge on any atom is -0.554 e. The largest absolute Gasteiger partial charge is 1.00 e. The van der Waals surface area contributed by atoms with Crippen LogP contribution >= 0.6 is 0 Å². The van der Waals surface area contributed by atoms with E-state index in [0.717, 1.165) is 0 Å². The maximum Gasteiger partial charge on any atom is 1.00 e. The normalized spacial score (nSPS) is 6.50. The van der Waals surface area contributed by atoms with Crippen molar-refractivity contribution in [3.8, 4) is 0 Å². The molecule has 18 valence electrons. The van der Waals surface area contributed by atoms with Gasteiger partial charge < -0.3 is 9.90 Å².